The summed E-state index contributed by atoms with van der Waals surface area (Å²) in [5.41, 5.74) is 0.911. The van der Waals surface area contributed by atoms with Gasteiger partial charge in [0.2, 0.25) is 0 Å². The summed E-state index contributed by atoms with van der Waals surface area (Å²) in [6.07, 6.45) is 11.1. The van der Waals surface area contributed by atoms with Crippen molar-refractivity contribution in [1.82, 2.24) is 0 Å². The van der Waals surface area contributed by atoms with E-state index < -0.39 is 0 Å². The van der Waals surface area contributed by atoms with Crippen LogP contribution in [0.2, 0.25) is 0 Å². The number of hydrogen-bond acceptors (Lipinski definition) is 1. The maximum absolute atomic E-state index is 12.9. The van der Waals surface area contributed by atoms with Crippen LogP contribution in [0.15, 0.2) is 30.3 Å². The first-order valence-corrected chi connectivity index (χ1v) is 8.84. The van der Waals surface area contributed by atoms with E-state index in [0.717, 1.165) is 18.4 Å². The maximum Gasteiger partial charge on any atom is 0.169 e. The third kappa shape index (κ3) is 3.96. The summed E-state index contributed by atoms with van der Waals surface area (Å²) in [5, 5.41) is 0. The van der Waals surface area contributed by atoms with E-state index in [1.807, 2.05) is 30.3 Å². The van der Waals surface area contributed by atoms with Crippen LogP contribution < -0.4 is 0 Å². The largest absolute Gasteiger partial charge is 0.294 e. The molecule has 2 atom stereocenters. The minimum atomic E-state index is -0.0103. The highest BCUT2D eigenvalue weighted by atomic mass is 16.1. The lowest BCUT2D eigenvalue weighted by Crippen LogP contribution is -2.19. The zero-order valence-corrected chi connectivity index (χ0v) is 13.7. The molecule has 21 heavy (non-hydrogen) atoms. The van der Waals surface area contributed by atoms with E-state index in [0.29, 0.717) is 11.7 Å². The van der Waals surface area contributed by atoms with Gasteiger partial charge in [-0.05, 0) is 25.2 Å². The molecule has 1 heteroatoms. The summed E-state index contributed by atoms with van der Waals surface area (Å²) in [6.45, 7) is 4.47. The summed E-state index contributed by atoms with van der Waals surface area (Å²) in [7, 11) is 0. The molecule has 0 heterocycles. The molecule has 0 bridgehead atoms. The van der Waals surface area contributed by atoms with Crippen LogP contribution in [0.25, 0.3) is 0 Å². The fourth-order valence-electron chi connectivity index (χ4n) is 3.64. The van der Waals surface area contributed by atoms with Gasteiger partial charge >= 0.3 is 0 Å². The van der Waals surface area contributed by atoms with Crippen molar-refractivity contribution < 1.29 is 4.79 Å². The molecule has 1 saturated carbocycles. The predicted molar refractivity (Wildman–Crippen MR) is 89.6 cm³/mol. The number of ketones is 1. The first kappa shape index (κ1) is 16.3. The van der Waals surface area contributed by atoms with Crippen LogP contribution in [0.1, 0.15) is 82.0 Å². The number of unbranched alkanes of at least 4 members (excludes halogenated alkanes) is 4. The molecule has 1 aliphatic carbocycles. The van der Waals surface area contributed by atoms with Gasteiger partial charge in [-0.1, -0.05) is 82.7 Å². The molecule has 1 aromatic carbocycles. The predicted octanol–water partition coefficient (Wildman–Crippen LogP) is 6.04. The number of carbonyl (C=O) groups is 1. The molecular weight excluding hydrogens is 256 g/mol. The Morgan fingerprint density at radius 2 is 1.76 bits per heavy atom. The standard InChI is InChI=1S/C20H30O/c1-3-5-7-11-14-18-16-20(18,15-6-4-2)19(21)17-12-9-8-10-13-17/h8-10,12-13,18H,3-7,11,14-16H2,1-2H3/t18?,20-/m1/s1. The molecule has 0 N–H and O–H groups in total. The third-order valence-corrected chi connectivity index (χ3v) is 5.10. The molecule has 116 valence electrons. The van der Waals surface area contributed by atoms with E-state index in [-0.39, 0.29) is 5.41 Å². The Labute approximate surface area is 130 Å². The summed E-state index contributed by atoms with van der Waals surface area (Å²) in [5.74, 6) is 1.06. The van der Waals surface area contributed by atoms with Gasteiger partial charge in [-0.2, -0.15) is 0 Å². The first-order chi connectivity index (χ1) is 10.2. The second kappa shape index (κ2) is 7.77. The Morgan fingerprint density at radius 1 is 1.05 bits per heavy atom. The molecule has 0 aliphatic heterocycles. The van der Waals surface area contributed by atoms with Crippen LogP contribution in [0.4, 0.5) is 0 Å². The summed E-state index contributed by atoms with van der Waals surface area (Å²) in [6, 6.07) is 9.94. The number of Topliss-reactive ketones (excluding diaryl/α,β-unsaturated/α-hetero) is 1. The number of benzene rings is 1. The van der Waals surface area contributed by atoms with Crippen molar-refractivity contribution in [2.75, 3.05) is 0 Å². The Kier molecular flexibility index (Phi) is 6.02. The second-order valence-corrected chi connectivity index (χ2v) is 6.71. The first-order valence-electron chi connectivity index (χ1n) is 8.84. The highest BCUT2D eigenvalue weighted by Crippen LogP contribution is 2.60. The quantitative estimate of drug-likeness (QED) is 0.379. The van der Waals surface area contributed by atoms with Crippen molar-refractivity contribution in [3.05, 3.63) is 35.9 Å². The van der Waals surface area contributed by atoms with Crippen LogP contribution in [-0.2, 0) is 0 Å². The zero-order valence-electron chi connectivity index (χ0n) is 13.7. The fraction of sp³-hybridized carbons (Fsp3) is 0.650. The molecule has 0 saturated heterocycles. The van der Waals surface area contributed by atoms with Crippen LogP contribution in [-0.4, -0.2) is 5.78 Å². The molecule has 2 rings (SSSR count). The van der Waals surface area contributed by atoms with E-state index in [1.54, 1.807) is 0 Å². The van der Waals surface area contributed by atoms with E-state index in [2.05, 4.69) is 13.8 Å². The molecular formula is C20H30O. The minimum Gasteiger partial charge on any atom is -0.294 e. The van der Waals surface area contributed by atoms with Crippen molar-refractivity contribution in [2.24, 2.45) is 11.3 Å². The van der Waals surface area contributed by atoms with E-state index in [1.165, 1.54) is 44.9 Å². The van der Waals surface area contributed by atoms with Crippen LogP contribution in [0, 0.1) is 11.3 Å². The normalized spacial score (nSPS) is 24.0. The van der Waals surface area contributed by atoms with Crippen molar-refractivity contribution in [1.29, 1.82) is 0 Å². The van der Waals surface area contributed by atoms with Crippen molar-refractivity contribution >= 4 is 5.78 Å². The Bertz CT molecular complexity index is 436. The van der Waals surface area contributed by atoms with Crippen LogP contribution >= 0.6 is 0 Å². The van der Waals surface area contributed by atoms with Gasteiger partial charge in [0, 0.05) is 11.0 Å². The average Bonchev–Trinajstić information content (AvgIpc) is 3.24. The Morgan fingerprint density at radius 3 is 2.43 bits per heavy atom. The van der Waals surface area contributed by atoms with Crippen molar-refractivity contribution in [3.63, 3.8) is 0 Å². The zero-order chi connectivity index (χ0) is 15.1. The molecule has 1 aromatic rings. The van der Waals surface area contributed by atoms with Crippen molar-refractivity contribution in [2.45, 2.75) is 71.6 Å². The van der Waals surface area contributed by atoms with Gasteiger partial charge in [-0.25, -0.2) is 0 Å². The smallest absolute Gasteiger partial charge is 0.169 e. The lowest BCUT2D eigenvalue weighted by molar-refractivity contribution is 0.0873. The minimum absolute atomic E-state index is 0.0103. The summed E-state index contributed by atoms with van der Waals surface area (Å²) >= 11 is 0. The number of rotatable bonds is 10. The van der Waals surface area contributed by atoms with Crippen LogP contribution in [0.5, 0.6) is 0 Å². The Hall–Kier alpha value is -1.11. The van der Waals surface area contributed by atoms with Gasteiger partial charge in [-0.3, -0.25) is 4.79 Å². The maximum atomic E-state index is 12.9. The molecule has 0 radical (unpaired) electrons. The van der Waals surface area contributed by atoms with Gasteiger partial charge in [0.05, 0.1) is 0 Å². The SMILES string of the molecule is CCCCCCC1C[C@@]1(CCCC)C(=O)c1ccccc1. The molecule has 0 amide bonds. The van der Waals surface area contributed by atoms with Gasteiger partial charge in [0.25, 0.3) is 0 Å². The number of hydrogen-bond donors (Lipinski definition) is 0. The van der Waals surface area contributed by atoms with Gasteiger partial charge < -0.3 is 0 Å². The number of carbonyl (C=O) groups excluding carboxylic acids is 1. The summed E-state index contributed by atoms with van der Waals surface area (Å²) in [4.78, 5) is 12.9. The Balaban J connectivity index is 1.97. The topological polar surface area (TPSA) is 17.1 Å². The monoisotopic (exact) mass is 286 g/mol. The lowest BCUT2D eigenvalue weighted by Gasteiger charge is -2.16. The van der Waals surface area contributed by atoms with Gasteiger partial charge in [0.1, 0.15) is 0 Å². The summed E-state index contributed by atoms with van der Waals surface area (Å²) < 4.78 is 0. The van der Waals surface area contributed by atoms with Gasteiger partial charge in [0.15, 0.2) is 5.78 Å². The molecule has 1 aliphatic rings. The molecule has 1 fully saturated rings. The average molecular weight is 286 g/mol. The highest BCUT2D eigenvalue weighted by Gasteiger charge is 2.57. The third-order valence-electron chi connectivity index (χ3n) is 5.10. The van der Waals surface area contributed by atoms with E-state index >= 15 is 0 Å². The highest BCUT2D eigenvalue weighted by molar-refractivity contribution is 6.02. The molecule has 0 spiro atoms. The molecule has 1 unspecified atom stereocenters. The molecule has 0 aromatic heterocycles. The van der Waals surface area contributed by atoms with E-state index in [9.17, 15) is 4.79 Å². The second-order valence-electron chi connectivity index (χ2n) is 6.71. The van der Waals surface area contributed by atoms with Gasteiger partial charge in [-0.15, -0.1) is 0 Å². The fourth-order valence-corrected chi connectivity index (χ4v) is 3.64. The lowest BCUT2D eigenvalue weighted by atomic mass is 9.86. The van der Waals surface area contributed by atoms with Crippen LogP contribution in [0.3, 0.4) is 0 Å². The van der Waals surface area contributed by atoms with E-state index in [4.69, 9.17) is 0 Å². The molecule has 1 nitrogen and oxygen atoms in total. The van der Waals surface area contributed by atoms with Crippen molar-refractivity contribution in [3.8, 4) is 0 Å².